The van der Waals surface area contributed by atoms with Gasteiger partial charge in [-0.05, 0) is 19.1 Å². The quantitative estimate of drug-likeness (QED) is 0.607. The van der Waals surface area contributed by atoms with E-state index in [-0.39, 0.29) is 35.3 Å². The SMILES string of the molecule is COCC(=O)c1c(C)nc2c(OCc3c(F)cccc3F)cc(Cl)cn12. The summed E-state index contributed by atoms with van der Waals surface area (Å²) in [4.78, 5) is 16.6. The lowest BCUT2D eigenvalue weighted by molar-refractivity contribution is 0.0841. The minimum absolute atomic E-state index is 0.113. The number of carbonyl (C=O) groups is 1. The third-order valence-electron chi connectivity index (χ3n) is 3.80. The van der Waals surface area contributed by atoms with E-state index < -0.39 is 11.6 Å². The average molecular weight is 381 g/mol. The van der Waals surface area contributed by atoms with Crippen LogP contribution in [-0.4, -0.2) is 28.9 Å². The maximum absolute atomic E-state index is 13.8. The molecule has 3 rings (SSSR count). The van der Waals surface area contributed by atoms with E-state index in [0.717, 1.165) is 12.1 Å². The maximum Gasteiger partial charge on any atom is 0.207 e. The highest BCUT2D eigenvalue weighted by molar-refractivity contribution is 6.30. The summed E-state index contributed by atoms with van der Waals surface area (Å²) in [6.07, 6.45) is 1.52. The van der Waals surface area contributed by atoms with E-state index in [1.807, 2.05) is 0 Å². The Labute approximate surface area is 153 Å². The van der Waals surface area contributed by atoms with Crippen LogP contribution in [0.15, 0.2) is 30.5 Å². The van der Waals surface area contributed by atoms with Gasteiger partial charge in [0.25, 0.3) is 0 Å². The zero-order valence-corrected chi connectivity index (χ0v) is 14.8. The zero-order chi connectivity index (χ0) is 18.8. The van der Waals surface area contributed by atoms with E-state index in [1.165, 1.54) is 29.8 Å². The van der Waals surface area contributed by atoms with Crippen LogP contribution >= 0.6 is 11.6 Å². The van der Waals surface area contributed by atoms with Crippen LogP contribution in [0, 0.1) is 18.6 Å². The van der Waals surface area contributed by atoms with Crippen LogP contribution in [0.3, 0.4) is 0 Å². The summed E-state index contributed by atoms with van der Waals surface area (Å²) in [5, 5.41) is 0.283. The Morgan fingerprint density at radius 3 is 2.65 bits per heavy atom. The minimum Gasteiger partial charge on any atom is -0.485 e. The molecular formula is C18H15ClF2N2O3. The normalized spacial score (nSPS) is 11.1. The van der Waals surface area contributed by atoms with Crippen LogP contribution in [0.1, 0.15) is 21.7 Å². The van der Waals surface area contributed by atoms with Crippen molar-refractivity contribution in [1.29, 1.82) is 0 Å². The molecular weight excluding hydrogens is 366 g/mol. The number of ketones is 1. The largest absolute Gasteiger partial charge is 0.485 e. The van der Waals surface area contributed by atoms with Gasteiger partial charge in [-0.1, -0.05) is 17.7 Å². The number of hydrogen-bond donors (Lipinski definition) is 0. The molecule has 0 N–H and O–H groups in total. The molecule has 1 aromatic carbocycles. The number of methoxy groups -OCH3 is 1. The molecule has 8 heteroatoms. The minimum atomic E-state index is -0.710. The van der Waals surface area contributed by atoms with E-state index in [1.54, 1.807) is 6.92 Å². The number of aryl methyl sites for hydroxylation is 1. The zero-order valence-electron chi connectivity index (χ0n) is 14.1. The molecule has 0 atom stereocenters. The van der Waals surface area contributed by atoms with Crippen molar-refractivity contribution in [3.8, 4) is 5.75 Å². The second kappa shape index (κ2) is 7.39. The number of hydrogen-bond acceptors (Lipinski definition) is 4. The molecule has 0 aliphatic rings. The number of aromatic nitrogens is 2. The number of ether oxygens (including phenoxy) is 2. The van der Waals surface area contributed by atoms with Crippen molar-refractivity contribution < 1.29 is 23.0 Å². The number of halogens is 3. The number of benzene rings is 1. The lowest BCUT2D eigenvalue weighted by atomic mass is 10.2. The van der Waals surface area contributed by atoms with Gasteiger partial charge < -0.3 is 9.47 Å². The van der Waals surface area contributed by atoms with Crippen LogP contribution in [0.25, 0.3) is 5.65 Å². The van der Waals surface area contributed by atoms with E-state index in [9.17, 15) is 13.6 Å². The number of rotatable bonds is 6. The molecule has 0 fully saturated rings. The van der Waals surface area contributed by atoms with Crippen LogP contribution in [0.2, 0.25) is 5.02 Å². The number of imidazole rings is 1. The van der Waals surface area contributed by atoms with Crippen molar-refractivity contribution in [3.63, 3.8) is 0 Å². The predicted octanol–water partition coefficient (Wildman–Crippen LogP) is 3.98. The highest BCUT2D eigenvalue weighted by Gasteiger charge is 2.20. The fourth-order valence-electron chi connectivity index (χ4n) is 2.66. The van der Waals surface area contributed by atoms with Gasteiger partial charge >= 0.3 is 0 Å². The molecule has 0 aliphatic carbocycles. The van der Waals surface area contributed by atoms with Crippen LogP contribution < -0.4 is 4.74 Å². The number of fused-ring (bicyclic) bond motifs is 1. The molecule has 3 aromatic rings. The Hall–Kier alpha value is -2.51. The molecule has 26 heavy (non-hydrogen) atoms. The van der Waals surface area contributed by atoms with Gasteiger partial charge in [-0.15, -0.1) is 0 Å². The average Bonchev–Trinajstić information content (AvgIpc) is 2.90. The van der Waals surface area contributed by atoms with E-state index in [4.69, 9.17) is 21.1 Å². The van der Waals surface area contributed by atoms with Gasteiger partial charge in [0, 0.05) is 19.4 Å². The Balaban J connectivity index is 2.01. The Morgan fingerprint density at radius 2 is 2.00 bits per heavy atom. The maximum atomic E-state index is 13.8. The molecule has 2 aromatic heterocycles. The summed E-state index contributed by atoms with van der Waals surface area (Å²) in [6, 6.07) is 5.05. The Bertz CT molecular complexity index is 968. The summed E-state index contributed by atoms with van der Waals surface area (Å²) >= 11 is 6.11. The highest BCUT2D eigenvalue weighted by Crippen LogP contribution is 2.28. The summed E-state index contributed by atoms with van der Waals surface area (Å²) in [7, 11) is 1.42. The molecule has 5 nitrogen and oxygen atoms in total. The third-order valence-corrected chi connectivity index (χ3v) is 4.01. The van der Waals surface area contributed by atoms with Gasteiger partial charge in [0.2, 0.25) is 5.78 Å². The fourth-order valence-corrected chi connectivity index (χ4v) is 2.85. The van der Waals surface area contributed by atoms with Crippen molar-refractivity contribution in [2.75, 3.05) is 13.7 Å². The Kier molecular flexibility index (Phi) is 5.20. The van der Waals surface area contributed by atoms with E-state index >= 15 is 0 Å². The van der Waals surface area contributed by atoms with Gasteiger partial charge in [-0.2, -0.15) is 0 Å². The van der Waals surface area contributed by atoms with Crippen molar-refractivity contribution in [1.82, 2.24) is 9.38 Å². The standard InChI is InChI=1S/C18H15ClF2N2O3/c1-10-17(15(24)9-25-2)23-7-11(19)6-16(18(23)22-10)26-8-12-13(20)4-3-5-14(12)21/h3-7H,8-9H2,1-2H3. The van der Waals surface area contributed by atoms with Crippen molar-refractivity contribution in [2.24, 2.45) is 0 Å². The topological polar surface area (TPSA) is 52.8 Å². The first-order valence-corrected chi connectivity index (χ1v) is 8.06. The molecule has 2 heterocycles. The van der Waals surface area contributed by atoms with E-state index in [0.29, 0.717) is 17.0 Å². The number of Topliss-reactive ketones (excluding diaryl/α,β-unsaturated/α-hetero) is 1. The summed E-state index contributed by atoms with van der Waals surface area (Å²) in [6.45, 7) is 1.21. The molecule has 0 amide bonds. The highest BCUT2D eigenvalue weighted by atomic mass is 35.5. The van der Waals surface area contributed by atoms with Crippen molar-refractivity contribution >= 4 is 23.0 Å². The molecule has 0 bridgehead atoms. The van der Waals surface area contributed by atoms with Gasteiger partial charge in [0.15, 0.2) is 11.4 Å². The molecule has 0 aliphatic heterocycles. The smallest absolute Gasteiger partial charge is 0.207 e. The second-order valence-electron chi connectivity index (χ2n) is 5.61. The van der Waals surface area contributed by atoms with Gasteiger partial charge in [-0.25, -0.2) is 13.8 Å². The van der Waals surface area contributed by atoms with Crippen LogP contribution in [0.4, 0.5) is 8.78 Å². The summed E-state index contributed by atoms with van der Waals surface area (Å²) < 4.78 is 39.5. The molecule has 0 unspecified atom stereocenters. The molecule has 0 saturated heterocycles. The monoisotopic (exact) mass is 380 g/mol. The Morgan fingerprint density at radius 1 is 1.31 bits per heavy atom. The summed E-state index contributed by atoms with van der Waals surface area (Å²) in [5.41, 5.74) is 0.898. The fraction of sp³-hybridized carbons (Fsp3) is 0.222. The lowest BCUT2D eigenvalue weighted by Gasteiger charge is -2.10. The lowest BCUT2D eigenvalue weighted by Crippen LogP contribution is -2.11. The van der Waals surface area contributed by atoms with Crippen molar-refractivity contribution in [3.05, 3.63) is 64.1 Å². The molecule has 0 spiro atoms. The van der Waals surface area contributed by atoms with Gasteiger partial charge in [0.05, 0.1) is 16.3 Å². The third kappa shape index (κ3) is 3.40. The second-order valence-corrected chi connectivity index (χ2v) is 6.04. The first kappa shape index (κ1) is 18.3. The first-order chi connectivity index (χ1) is 12.4. The molecule has 0 radical (unpaired) electrons. The molecule has 136 valence electrons. The summed E-state index contributed by atoms with van der Waals surface area (Å²) in [5.74, 6) is -1.48. The first-order valence-electron chi connectivity index (χ1n) is 7.68. The van der Waals surface area contributed by atoms with Crippen LogP contribution in [0.5, 0.6) is 5.75 Å². The van der Waals surface area contributed by atoms with Crippen LogP contribution in [-0.2, 0) is 11.3 Å². The number of pyridine rings is 1. The van der Waals surface area contributed by atoms with Crippen molar-refractivity contribution in [2.45, 2.75) is 13.5 Å². The van der Waals surface area contributed by atoms with Gasteiger partial charge in [0.1, 0.15) is 30.5 Å². The van der Waals surface area contributed by atoms with Gasteiger partial charge in [-0.3, -0.25) is 9.20 Å². The molecule has 0 saturated carbocycles. The number of nitrogens with zero attached hydrogens (tertiary/aromatic N) is 2. The predicted molar refractivity (Wildman–Crippen MR) is 91.8 cm³/mol. The van der Waals surface area contributed by atoms with E-state index in [2.05, 4.69) is 4.98 Å². The number of carbonyl (C=O) groups excluding carboxylic acids is 1.